The van der Waals surface area contributed by atoms with Gasteiger partial charge in [0, 0.05) is 18.1 Å². The quantitative estimate of drug-likeness (QED) is 0.707. The Labute approximate surface area is 110 Å². The van der Waals surface area contributed by atoms with Crippen LogP contribution >= 0.6 is 0 Å². The van der Waals surface area contributed by atoms with Gasteiger partial charge >= 0.3 is 0 Å². The maximum atomic E-state index is 11.2. The molecule has 1 atom stereocenters. The Hall–Kier alpha value is -1.44. The SMILES string of the molecule is CC/C(=N/c1c(C)cccc1C)C(C)CC(C)=O. The Morgan fingerprint density at radius 3 is 2.28 bits per heavy atom. The first-order chi connectivity index (χ1) is 8.45. The molecule has 0 radical (unpaired) electrons. The molecule has 0 aliphatic rings. The van der Waals surface area contributed by atoms with E-state index < -0.39 is 0 Å². The van der Waals surface area contributed by atoms with Gasteiger partial charge in [-0.05, 0) is 38.3 Å². The average Bonchev–Trinajstić information content (AvgIpc) is 2.27. The van der Waals surface area contributed by atoms with Crippen LogP contribution in [0.4, 0.5) is 5.69 Å². The number of aliphatic imine (C=N–C) groups is 1. The molecule has 0 fully saturated rings. The van der Waals surface area contributed by atoms with E-state index in [4.69, 9.17) is 4.99 Å². The molecule has 1 aromatic rings. The highest BCUT2D eigenvalue weighted by Gasteiger charge is 2.12. The minimum absolute atomic E-state index is 0.227. The van der Waals surface area contributed by atoms with Crippen molar-refractivity contribution in [2.75, 3.05) is 0 Å². The molecule has 18 heavy (non-hydrogen) atoms. The van der Waals surface area contributed by atoms with E-state index >= 15 is 0 Å². The number of benzene rings is 1. The molecule has 0 saturated carbocycles. The van der Waals surface area contributed by atoms with Gasteiger partial charge in [0.1, 0.15) is 5.78 Å². The van der Waals surface area contributed by atoms with Gasteiger partial charge in [-0.25, -0.2) is 0 Å². The summed E-state index contributed by atoms with van der Waals surface area (Å²) in [5.74, 6) is 0.455. The van der Waals surface area contributed by atoms with Crippen LogP contribution in [-0.4, -0.2) is 11.5 Å². The smallest absolute Gasteiger partial charge is 0.130 e. The molecule has 2 nitrogen and oxygen atoms in total. The molecule has 98 valence electrons. The number of Topliss-reactive ketones (excluding diaryl/α,β-unsaturated/α-hetero) is 1. The first kappa shape index (κ1) is 14.6. The molecule has 0 saturated heterocycles. The van der Waals surface area contributed by atoms with Crippen molar-refractivity contribution in [2.24, 2.45) is 10.9 Å². The zero-order valence-corrected chi connectivity index (χ0v) is 12.1. The molecule has 0 aliphatic carbocycles. The molecule has 2 heteroatoms. The van der Waals surface area contributed by atoms with E-state index in [2.05, 4.69) is 39.8 Å². The van der Waals surface area contributed by atoms with Gasteiger partial charge < -0.3 is 4.79 Å². The first-order valence-electron chi connectivity index (χ1n) is 6.58. The largest absolute Gasteiger partial charge is 0.300 e. The van der Waals surface area contributed by atoms with Crippen LogP contribution in [-0.2, 0) is 4.79 Å². The zero-order valence-electron chi connectivity index (χ0n) is 12.1. The van der Waals surface area contributed by atoms with Crippen LogP contribution in [0.2, 0.25) is 0 Å². The lowest BCUT2D eigenvalue weighted by molar-refractivity contribution is -0.117. The number of hydrogen-bond donors (Lipinski definition) is 0. The second-order valence-corrected chi connectivity index (χ2v) is 5.00. The Balaban J connectivity index is 3.07. The van der Waals surface area contributed by atoms with Crippen LogP contribution in [0.25, 0.3) is 0 Å². The van der Waals surface area contributed by atoms with Crippen LogP contribution in [0.5, 0.6) is 0 Å². The highest BCUT2D eigenvalue weighted by atomic mass is 16.1. The number of nitrogens with zero attached hydrogens (tertiary/aromatic N) is 1. The number of para-hydroxylation sites is 1. The fourth-order valence-corrected chi connectivity index (χ4v) is 2.21. The molecule has 1 rings (SSSR count). The van der Waals surface area contributed by atoms with Crippen molar-refractivity contribution >= 4 is 17.2 Å². The summed E-state index contributed by atoms with van der Waals surface area (Å²) in [6.07, 6.45) is 1.47. The van der Waals surface area contributed by atoms with Gasteiger partial charge in [0.05, 0.1) is 5.69 Å². The third-order valence-corrected chi connectivity index (χ3v) is 3.22. The molecule has 0 N–H and O–H groups in total. The van der Waals surface area contributed by atoms with E-state index in [1.165, 1.54) is 11.1 Å². The van der Waals surface area contributed by atoms with E-state index in [0.29, 0.717) is 6.42 Å². The number of carbonyl (C=O) groups is 1. The van der Waals surface area contributed by atoms with Crippen LogP contribution in [0.15, 0.2) is 23.2 Å². The van der Waals surface area contributed by atoms with Crippen LogP contribution in [0, 0.1) is 19.8 Å². The second-order valence-electron chi connectivity index (χ2n) is 5.00. The fraction of sp³-hybridized carbons (Fsp3) is 0.500. The standard InChI is InChI=1S/C16H23NO/c1-6-15(13(4)10-14(5)18)17-16-11(2)8-7-9-12(16)3/h7-9,13H,6,10H2,1-5H3/b17-15-. The van der Waals surface area contributed by atoms with Crippen LogP contribution in [0.1, 0.15) is 44.7 Å². The van der Waals surface area contributed by atoms with Gasteiger partial charge in [-0.1, -0.05) is 32.0 Å². The molecular formula is C16H23NO. The number of rotatable bonds is 5. The van der Waals surface area contributed by atoms with Gasteiger partial charge in [0.15, 0.2) is 0 Å². The zero-order chi connectivity index (χ0) is 13.7. The summed E-state index contributed by atoms with van der Waals surface area (Å²) in [5.41, 5.74) is 4.55. The second kappa shape index (κ2) is 6.48. The molecule has 1 aromatic carbocycles. The Morgan fingerprint density at radius 1 is 1.28 bits per heavy atom. The minimum atomic E-state index is 0.227. The normalized spacial score (nSPS) is 13.5. The van der Waals surface area contributed by atoms with Crippen molar-refractivity contribution in [1.82, 2.24) is 0 Å². The van der Waals surface area contributed by atoms with Crippen molar-refractivity contribution in [3.63, 3.8) is 0 Å². The van der Waals surface area contributed by atoms with E-state index in [1.807, 2.05) is 6.07 Å². The predicted molar refractivity (Wildman–Crippen MR) is 77.8 cm³/mol. The Kier molecular flexibility index (Phi) is 5.26. The van der Waals surface area contributed by atoms with E-state index in [9.17, 15) is 4.79 Å². The summed E-state index contributed by atoms with van der Waals surface area (Å²) in [6.45, 7) is 9.98. The monoisotopic (exact) mass is 245 g/mol. The van der Waals surface area contributed by atoms with Crippen molar-refractivity contribution in [3.05, 3.63) is 29.3 Å². The first-order valence-corrected chi connectivity index (χ1v) is 6.58. The third-order valence-electron chi connectivity index (χ3n) is 3.22. The number of hydrogen-bond acceptors (Lipinski definition) is 2. The lowest BCUT2D eigenvalue weighted by Crippen LogP contribution is -2.13. The molecular weight excluding hydrogens is 222 g/mol. The fourth-order valence-electron chi connectivity index (χ4n) is 2.21. The van der Waals surface area contributed by atoms with Crippen molar-refractivity contribution in [3.8, 4) is 0 Å². The molecule has 0 spiro atoms. The molecule has 0 bridgehead atoms. The number of carbonyl (C=O) groups excluding carboxylic acids is 1. The summed E-state index contributed by atoms with van der Waals surface area (Å²) in [6, 6.07) is 6.21. The van der Waals surface area contributed by atoms with E-state index in [0.717, 1.165) is 17.8 Å². The topological polar surface area (TPSA) is 29.4 Å². The average molecular weight is 245 g/mol. The van der Waals surface area contributed by atoms with Crippen LogP contribution in [0.3, 0.4) is 0 Å². The molecule has 0 aliphatic heterocycles. The summed E-state index contributed by atoms with van der Waals surface area (Å²) in [5, 5.41) is 0. The van der Waals surface area contributed by atoms with Gasteiger partial charge in [0.2, 0.25) is 0 Å². The van der Waals surface area contributed by atoms with Crippen molar-refractivity contribution in [1.29, 1.82) is 0 Å². The highest BCUT2D eigenvalue weighted by Crippen LogP contribution is 2.25. The van der Waals surface area contributed by atoms with Crippen molar-refractivity contribution in [2.45, 2.75) is 47.5 Å². The van der Waals surface area contributed by atoms with Crippen LogP contribution < -0.4 is 0 Å². The summed E-state index contributed by atoms with van der Waals surface area (Å²) in [4.78, 5) is 16.0. The molecule has 0 aromatic heterocycles. The molecule has 1 unspecified atom stereocenters. The maximum absolute atomic E-state index is 11.2. The number of ketones is 1. The van der Waals surface area contributed by atoms with E-state index in [1.54, 1.807) is 6.92 Å². The summed E-state index contributed by atoms with van der Waals surface area (Å²) >= 11 is 0. The van der Waals surface area contributed by atoms with Gasteiger partial charge in [0.25, 0.3) is 0 Å². The predicted octanol–water partition coefficient (Wildman–Crippen LogP) is 4.40. The van der Waals surface area contributed by atoms with Gasteiger partial charge in [-0.15, -0.1) is 0 Å². The number of aryl methyl sites for hydroxylation is 2. The lowest BCUT2D eigenvalue weighted by Gasteiger charge is -2.13. The summed E-state index contributed by atoms with van der Waals surface area (Å²) in [7, 11) is 0. The third kappa shape index (κ3) is 3.80. The minimum Gasteiger partial charge on any atom is -0.300 e. The lowest BCUT2D eigenvalue weighted by atomic mass is 9.97. The maximum Gasteiger partial charge on any atom is 0.130 e. The van der Waals surface area contributed by atoms with Gasteiger partial charge in [-0.3, -0.25) is 4.99 Å². The highest BCUT2D eigenvalue weighted by molar-refractivity contribution is 5.92. The summed E-state index contributed by atoms with van der Waals surface area (Å²) < 4.78 is 0. The Morgan fingerprint density at radius 2 is 1.83 bits per heavy atom. The molecule has 0 amide bonds. The van der Waals surface area contributed by atoms with E-state index in [-0.39, 0.29) is 11.7 Å². The van der Waals surface area contributed by atoms with Gasteiger partial charge in [-0.2, -0.15) is 0 Å². The molecule has 0 heterocycles. The Bertz CT molecular complexity index is 440. The van der Waals surface area contributed by atoms with Crippen molar-refractivity contribution < 1.29 is 4.79 Å².